The van der Waals surface area contributed by atoms with Crippen LogP contribution in [0.3, 0.4) is 0 Å². The van der Waals surface area contributed by atoms with Gasteiger partial charge in [-0.2, -0.15) is 0 Å². The van der Waals surface area contributed by atoms with Gasteiger partial charge in [0.05, 0.1) is 6.10 Å². The smallest absolute Gasteiger partial charge is 0.143 e. The van der Waals surface area contributed by atoms with Crippen LogP contribution in [-0.4, -0.2) is 18.0 Å². The summed E-state index contributed by atoms with van der Waals surface area (Å²) < 4.78 is 5.39. The van der Waals surface area contributed by atoms with Crippen LogP contribution in [0.4, 0.5) is 0 Å². The fraction of sp³-hybridized carbons (Fsp3) is 1.00. The summed E-state index contributed by atoms with van der Waals surface area (Å²) in [5.74, 6) is 0. The van der Waals surface area contributed by atoms with Crippen molar-refractivity contribution in [2.75, 3.05) is 6.79 Å². The molecular weight excluding hydrogens is 152 g/mol. The standard InChI is InChI=1S/C10H20O2/c1-9(2)5-6-10(3,4)8(9)12-7-11/h8,11H,5-7H2,1-4H3. The number of aliphatic hydroxyl groups excluding tert-OH is 1. The highest BCUT2D eigenvalue weighted by atomic mass is 16.6. The summed E-state index contributed by atoms with van der Waals surface area (Å²) in [6, 6.07) is 0. The molecule has 2 heteroatoms. The maximum Gasteiger partial charge on any atom is 0.143 e. The molecule has 0 radical (unpaired) electrons. The lowest BCUT2D eigenvalue weighted by Gasteiger charge is -2.34. The van der Waals surface area contributed by atoms with Gasteiger partial charge in [0.15, 0.2) is 0 Å². The molecule has 0 heterocycles. The molecule has 0 spiro atoms. The van der Waals surface area contributed by atoms with E-state index in [1.165, 1.54) is 12.8 Å². The summed E-state index contributed by atoms with van der Waals surface area (Å²) in [7, 11) is 0. The van der Waals surface area contributed by atoms with Crippen molar-refractivity contribution in [1.82, 2.24) is 0 Å². The van der Waals surface area contributed by atoms with Crippen molar-refractivity contribution in [2.24, 2.45) is 10.8 Å². The minimum Gasteiger partial charge on any atom is -0.371 e. The van der Waals surface area contributed by atoms with Crippen LogP contribution in [0.2, 0.25) is 0 Å². The number of rotatable bonds is 2. The summed E-state index contributed by atoms with van der Waals surface area (Å²) in [4.78, 5) is 0. The molecular formula is C10H20O2. The van der Waals surface area contributed by atoms with E-state index in [1.54, 1.807) is 0 Å². The quantitative estimate of drug-likeness (QED) is 0.647. The van der Waals surface area contributed by atoms with Crippen molar-refractivity contribution in [3.8, 4) is 0 Å². The van der Waals surface area contributed by atoms with Gasteiger partial charge in [-0.15, -0.1) is 0 Å². The maximum atomic E-state index is 8.77. The SMILES string of the molecule is CC1(C)CCC(C)(C)C1OCO. The molecule has 1 rings (SSSR count). The maximum absolute atomic E-state index is 8.77. The van der Waals surface area contributed by atoms with Crippen LogP contribution in [0, 0.1) is 10.8 Å². The second kappa shape index (κ2) is 3.00. The summed E-state index contributed by atoms with van der Waals surface area (Å²) in [6.07, 6.45) is 2.56. The molecule has 0 aromatic carbocycles. The second-order valence-electron chi connectivity index (χ2n) is 5.15. The van der Waals surface area contributed by atoms with Gasteiger partial charge >= 0.3 is 0 Å². The summed E-state index contributed by atoms with van der Waals surface area (Å²) in [5.41, 5.74) is 0.429. The number of hydrogen-bond acceptors (Lipinski definition) is 2. The summed E-state index contributed by atoms with van der Waals surface area (Å²) in [5, 5.41) is 8.77. The van der Waals surface area contributed by atoms with E-state index in [0.717, 1.165) is 0 Å². The topological polar surface area (TPSA) is 29.5 Å². The highest BCUT2D eigenvalue weighted by Gasteiger charge is 2.47. The Bertz CT molecular complexity index is 145. The minimum atomic E-state index is -0.155. The number of ether oxygens (including phenoxy) is 1. The van der Waals surface area contributed by atoms with Gasteiger partial charge in [0.2, 0.25) is 0 Å². The van der Waals surface area contributed by atoms with Crippen LogP contribution in [-0.2, 0) is 4.74 Å². The van der Waals surface area contributed by atoms with Crippen molar-refractivity contribution in [3.63, 3.8) is 0 Å². The third-order valence-corrected chi connectivity index (χ3v) is 3.07. The van der Waals surface area contributed by atoms with Crippen LogP contribution < -0.4 is 0 Å². The van der Waals surface area contributed by atoms with E-state index in [2.05, 4.69) is 27.7 Å². The first kappa shape index (κ1) is 10.0. The van der Waals surface area contributed by atoms with Crippen molar-refractivity contribution < 1.29 is 9.84 Å². The molecule has 1 fully saturated rings. The van der Waals surface area contributed by atoms with Crippen molar-refractivity contribution >= 4 is 0 Å². The lowest BCUT2D eigenvalue weighted by Crippen LogP contribution is -2.36. The molecule has 2 nitrogen and oxygen atoms in total. The Morgan fingerprint density at radius 1 is 1.17 bits per heavy atom. The minimum absolute atomic E-state index is 0.155. The predicted octanol–water partition coefficient (Wildman–Crippen LogP) is 2.17. The Kier molecular flexibility index (Phi) is 2.50. The lowest BCUT2D eigenvalue weighted by atomic mass is 9.81. The Morgan fingerprint density at radius 3 is 1.92 bits per heavy atom. The molecule has 0 unspecified atom stereocenters. The monoisotopic (exact) mass is 172 g/mol. The molecule has 0 aromatic heterocycles. The van der Waals surface area contributed by atoms with Gasteiger partial charge in [0.1, 0.15) is 6.79 Å². The molecule has 0 bridgehead atoms. The molecule has 1 aliphatic rings. The molecule has 1 N–H and O–H groups in total. The molecule has 0 saturated heterocycles. The van der Waals surface area contributed by atoms with Crippen LogP contribution >= 0.6 is 0 Å². The number of hydrogen-bond donors (Lipinski definition) is 1. The Hall–Kier alpha value is -0.0800. The average Bonchev–Trinajstić information content (AvgIpc) is 2.13. The van der Waals surface area contributed by atoms with Crippen LogP contribution in [0.15, 0.2) is 0 Å². The predicted molar refractivity (Wildman–Crippen MR) is 48.8 cm³/mol. The molecule has 0 aromatic rings. The first-order valence-corrected chi connectivity index (χ1v) is 4.63. The zero-order valence-electron chi connectivity index (χ0n) is 8.55. The van der Waals surface area contributed by atoms with E-state index in [1.807, 2.05) is 0 Å². The van der Waals surface area contributed by atoms with Gasteiger partial charge in [-0.25, -0.2) is 0 Å². The highest BCUT2D eigenvalue weighted by Crippen LogP contribution is 2.50. The van der Waals surface area contributed by atoms with Gasteiger partial charge < -0.3 is 9.84 Å². The molecule has 0 amide bonds. The molecule has 1 saturated carbocycles. The summed E-state index contributed by atoms with van der Waals surface area (Å²) in [6.45, 7) is 8.69. The fourth-order valence-corrected chi connectivity index (χ4v) is 2.49. The first-order valence-electron chi connectivity index (χ1n) is 4.63. The first-order chi connectivity index (χ1) is 5.40. The molecule has 0 aliphatic heterocycles. The van der Waals surface area contributed by atoms with Crippen molar-refractivity contribution in [2.45, 2.75) is 46.6 Å². The average molecular weight is 172 g/mol. The van der Waals surface area contributed by atoms with E-state index in [0.29, 0.717) is 0 Å². The molecule has 72 valence electrons. The zero-order valence-corrected chi connectivity index (χ0v) is 8.55. The van der Waals surface area contributed by atoms with Crippen LogP contribution in [0.5, 0.6) is 0 Å². The van der Waals surface area contributed by atoms with Crippen molar-refractivity contribution in [3.05, 3.63) is 0 Å². The highest BCUT2D eigenvalue weighted by molar-refractivity contribution is 4.97. The third kappa shape index (κ3) is 1.64. The largest absolute Gasteiger partial charge is 0.371 e. The number of aliphatic hydroxyl groups is 1. The van der Waals surface area contributed by atoms with Crippen LogP contribution in [0.25, 0.3) is 0 Å². The van der Waals surface area contributed by atoms with E-state index in [9.17, 15) is 0 Å². The van der Waals surface area contributed by atoms with Gasteiger partial charge in [-0.3, -0.25) is 0 Å². The van der Waals surface area contributed by atoms with E-state index < -0.39 is 0 Å². The molecule has 1 aliphatic carbocycles. The molecule has 12 heavy (non-hydrogen) atoms. The van der Waals surface area contributed by atoms with E-state index >= 15 is 0 Å². The fourth-order valence-electron chi connectivity index (χ4n) is 2.49. The van der Waals surface area contributed by atoms with Crippen LogP contribution in [0.1, 0.15) is 40.5 Å². The zero-order chi connectivity index (χ0) is 9.41. The second-order valence-corrected chi connectivity index (χ2v) is 5.15. The molecule has 0 atom stereocenters. The summed E-state index contributed by atoms with van der Waals surface area (Å²) >= 11 is 0. The Labute approximate surface area is 74.9 Å². The normalized spacial score (nSPS) is 27.8. The van der Waals surface area contributed by atoms with Gasteiger partial charge in [-0.1, -0.05) is 27.7 Å². The van der Waals surface area contributed by atoms with Gasteiger partial charge in [-0.05, 0) is 23.7 Å². The third-order valence-electron chi connectivity index (χ3n) is 3.07. The van der Waals surface area contributed by atoms with Crippen molar-refractivity contribution in [1.29, 1.82) is 0 Å². The van der Waals surface area contributed by atoms with E-state index in [4.69, 9.17) is 9.84 Å². The Morgan fingerprint density at radius 2 is 1.58 bits per heavy atom. The van der Waals surface area contributed by atoms with Gasteiger partial charge in [0.25, 0.3) is 0 Å². The Balaban J connectivity index is 2.74. The lowest BCUT2D eigenvalue weighted by molar-refractivity contribution is -0.119. The van der Waals surface area contributed by atoms with E-state index in [-0.39, 0.29) is 23.7 Å². The van der Waals surface area contributed by atoms with Gasteiger partial charge in [0, 0.05) is 0 Å².